The number of amides is 1. The summed E-state index contributed by atoms with van der Waals surface area (Å²) in [6.45, 7) is 3.42. The lowest BCUT2D eigenvalue weighted by molar-refractivity contribution is -0.122. The molecule has 0 aliphatic rings. The van der Waals surface area contributed by atoms with Crippen LogP contribution in [0.2, 0.25) is 0 Å². The maximum atomic E-state index is 12.5. The average molecular weight is 344 g/mol. The molecular formula is C15H16N6O2S. The lowest BCUT2D eigenvalue weighted by Gasteiger charge is -2.12. The number of anilines is 1. The third-order valence-corrected chi connectivity index (χ3v) is 4.49. The van der Waals surface area contributed by atoms with E-state index >= 15 is 0 Å². The Hall–Kier alpha value is -2.81. The van der Waals surface area contributed by atoms with E-state index < -0.39 is 0 Å². The Morgan fingerprint density at radius 3 is 2.71 bits per heavy atom. The Kier molecular flexibility index (Phi) is 4.26. The second-order valence-corrected chi connectivity index (χ2v) is 6.40. The highest BCUT2D eigenvalue weighted by Crippen LogP contribution is 2.18. The summed E-state index contributed by atoms with van der Waals surface area (Å²) in [4.78, 5) is 24.7. The monoisotopic (exact) mass is 344 g/mol. The Bertz CT molecular complexity index is 964. The molecule has 0 aliphatic carbocycles. The average Bonchev–Trinajstić information content (AvgIpc) is 2.99. The number of fused-ring (bicyclic) bond motifs is 1. The second-order valence-electron chi connectivity index (χ2n) is 5.36. The van der Waals surface area contributed by atoms with E-state index in [1.54, 1.807) is 19.1 Å². The summed E-state index contributed by atoms with van der Waals surface area (Å²) in [5.41, 5.74) is 5.94. The van der Waals surface area contributed by atoms with Crippen molar-refractivity contribution < 1.29 is 4.79 Å². The molecule has 0 spiro atoms. The fraction of sp³-hybridized carbons (Fsp3) is 0.267. The van der Waals surface area contributed by atoms with Crippen LogP contribution in [0.5, 0.6) is 0 Å². The minimum absolute atomic E-state index is 0.164. The summed E-state index contributed by atoms with van der Waals surface area (Å²) in [6.07, 6.45) is 0. The SMILES string of the molecule is Cc1nn(CC(=O)N[C@@H](C)c2nnc(N)s2)c(=O)c2ccccc12. The number of hydrogen-bond donors (Lipinski definition) is 2. The van der Waals surface area contributed by atoms with Gasteiger partial charge in [-0.25, -0.2) is 4.68 Å². The van der Waals surface area contributed by atoms with Gasteiger partial charge >= 0.3 is 0 Å². The summed E-state index contributed by atoms with van der Waals surface area (Å²) in [5, 5.41) is 16.9. The van der Waals surface area contributed by atoms with Gasteiger partial charge in [0.25, 0.3) is 5.56 Å². The Morgan fingerprint density at radius 2 is 2.04 bits per heavy atom. The van der Waals surface area contributed by atoms with Gasteiger partial charge in [-0.1, -0.05) is 29.5 Å². The minimum Gasteiger partial charge on any atom is -0.374 e. The van der Waals surface area contributed by atoms with Crippen molar-refractivity contribution in [1.29, 1.82) is 0 Å². The van der Waals surface area contributed by atoms with E-state index in [0.29, 0.717) is 21.2 Å². The predicted octanol–water partition coefficient (Wildman–Crippen LogP) is 1.02. The quantitative estimate of drug-likeness (QED) is 0.730. The zero-order valence-corrected chi connectivity index (χ0v) is 14.0. The molecule has 1 aromatic carbocycles. The Labute approximate surface area is 141 Å². The molecule has 0 radical (unpaired) electrons. The molecule has 0 bridgehead atoms. The third-order valence-electron chi connectivity index (χ3n) is 3.55. The first-order chi connectivity index (χ1) is 11.5. The first-order valence-electron chi connectivity index (χ1n) is 7.30. The number of aromatic nitrogens is 4. The van der Waals surface area contributed by atoms with Crippen LogP contribution in [0, 0.1) is 6.92 Å². The van der Waals surface area contributed by atoms with Gasteiger partial charge in [-0.15, -0.1) is 10.2 Å². The number of carbonyl (C=O) groups is 1. The predicted molar refractivity (Wildman–Crippen MR) is 91.6 cm³/mol. The first-order valence-corrected chi connectivity index (χ1v) is 8.12. The molecule has 0 saturated heterocycles. The van der Waals surface area contributed by atoms with Crippen molar-refractivity contribution >= 4 is 33.1 Å². The van der Waals surface area contributed by atoms with Crippen molar-refractivity contribution in [1.82, 2.24) is 25.3 Å². The van der Waals surface area contributed by atoms with Crippen LogP contribution in [0.3, 0.4) is 0 Å². The van der Waals surface area contributed by atoms with Crippen molar-refractivity contribution in [3.05, 3.63) is 45.3 Å². The summed E-state index contributed by atoms with van der Waals surface area (Å²) >= 11 is 1.21. The number of nitrogens with zero attached hydrogens (tertiary/aromatic N) is 4. The lowest BCUT2D eigenvalue weighted by atomic mass is 10.1. The van der Waals surface area contributed by atoms with Gasteiger partial charge < -0.3 is 11.1 Å². The normalized spacial score (nSPS) is 12.2. The van der Waals surface area contributed by atoms with Crippen LogP contribution in [-0.4, -0.2) is 25.9 Å². The zero-order chi connectivity index (χ0) is 17.3. The molecule has 9 heteroatoms. The largest absolute Gasteiger partial charge is 0.374 e. The van der Waals surface area contributed by atoms with E-state index in [9.17, 15) is 9.59 Å². The van der Waals surface area contributed by atoms with E-state index in [2.05, 4.69) is 20.6 Å². The van der Waals surface area contributed by atoms with E-state index in [0.717, 1.165) is 5.39 Å². The highest BCUT2D eigenvalue weighted by atomic mass is 32.1. The molecule has 2 heterocycles. The number of benzene rings is 1. The van der Waals surface area contributed by atoms with Gasteiger partial charge in [-0.05, 0) is 19.9 Å². The number of nitrogens with two attached hydrogens (primary N) is 1. The van der Waals surface area contributed by atoms with Crippen LogP contribution in [0.1, 0.15) is 23.7 Å². The van der Waals surface area contributed by atoms with Gasteiger partial charge in [0.15, 0.2) is 0 Å². The highest BCUT2D eigenvalue weighted by Gasteiger charge is 2.16. The van der Waals surface area contributed by atoms with E-state index in [1.807, 2.05) is 19.1 Å². The maximum Gasteiger partial charge on any atom is 0.275 e. The van der Waals surface area contributed by atoms with Crippen molar-refractivity contribution in [2.45, 2.75) is 26.4 Å². The molecule has 0 saturated carbocycles. The van der Waals surface area contributed by atoms with Crippen molar-refractivity contribution in [3.63, 3.8) is 0 Å². The molecule has 0 unspecified atom stereocenters. The molecule has 2 aromatic heterocycles. The molecule has 3 rings (SSSR count). The molecule has 24 heavy (non-hydrogen) atoms. The molecule has 8 nitrogen and oxygen atoms in total. The number of carbonyl (C=O) groups excluding carboxylic acids is 1. The van der Waals surface area contributed by atoms with Crippen molar-refractivity contribution in [3.8, 4) is 0 Å². The van der Waals surface area contributed by atoms with Gasteiger partial charge in [-0.2, -0.15) is 5.10 Å². The van der Waals surface area contributed by atoms with Gasteiger partial charge in [0.2, 0.25) is 11.0 Å². The van der Waals surface area contributed by atoms with E-state index in [-0.39, 0.29) is 24.1 Å². The number of nitrogen functional groups attached to an aromatic ring is 1. The molecule has 1 atom stereocenters. The lowest BCUT2D eigenvalue weighted by Crippen LogP contribution is -2.35. The van der Waals surface area contributed by atoms with Crippen LogP contribution in [-0.2, 0) is 11.3 Å². The topological polar surface area (TPSA) is 116 Å². The van der Waals surface area contributed by atoms with Crippen LogP contribution >= 0.6 is 11.3 Å². The number of nitrogens with one attached hydrogen (secondary N) is 1. The molecule has 0 fully saturated rings. The van der Waals surface area contributed by atoms with Crippen LogP contribution < -0.4 is 16.6 Å². The fourth-order valence-corrected chi connectivity index (χ4v) is 3.03. The second kappa shape index (κ2) is 6.36. The van der Waals surface area contributed by atoms with Gasteiger partial charge in [0.1, 0.15) is 11.6 Å². The van der Waals surface area contributed by atoms with Crippen LogP contribution in [0.15, 0.2) is 29.1 Å². The summed E-state index contributed by atoms with van der Waals surface area (Å²) in [7, 11) is 0. The molecular weight excluding hydrogens is 328 g/mol. The zero-order valence-electron chi connectivity index (χ0n) is 13.2. The highest BCUT2D eigenvalue weighted by molar-refractivity contribution is 7.15. The maximum absolute atomic E-state index is 12.5. The minimum atomic E-state index is -0.343. The molecule has 3 N–H and O–H groups in total. The van der Waals surface area contributed by atoms with Gasteiger partial charge in [0, 0.05) is 5.39 Å². The number of hydrogen-bond acceptors (Lipinski definition) is 7. The smallest absolute Gasteiger partial charge is 0.275 e. The summed E-state index contributed by atoms with van der Waals surface area (Å²) in [6, 6.07) is 6.86. The van der Waals surface area contributed by atoms with Gasteiger partial charge in [0.05, 0.1) is 17.1 Å². The fourth-order valence-electron chi connectivity index (χ4n) is 2.42. The molecule has 1 amide bonds. The summed E-state index contributed by atoms with van der Waals surface area (Å²) in [5.74, 6) is -0.333. The van der Waals surface area contributed by atoms with Gasteiger partial charge in [-0.3, -0.25) is 9.59 Å². The van der Waals surface area contributed by atoms with Crippen molar-refractivity contribution in [2.75, 3.05) is 5.73 Å². The van der Waals surface area contributed by atoms with E-state index in [4.69, 9.17) is 5.73 Å². The first kappa shape index (κ1) is 16.1. The van der Waals surface area contributed by atoms with Crippen molar-refractivity contribution in [2.24, 2.45) is 0 Å². The summed E-state index contributed by atoms with van der Waals surface area (Å²) < 4.78 is 1.17. The molecule has 124 valence electrons. The Balaban J connectivity index is 1.81. The number of aryl methyl sites for hydroxylation is 1. The molecule has 0 aliphatic heterocycles. The Morgan fingerprint density at radius 1 is 1.33 bits per heavy atom. The van der Waals surface area contributed by atoms with E-state index in [1.165, 1.54) is 16.0 Å². The van der Waals surface area contributed by atoms with Crippen LogP contribution in [0.25, 0.3) is 10.8 Å². The number of rotatable bonds is 4. The third kappa shape index (κ3) is 3.11. The molecule has 3 aromatic rings. The van der Waals surface area contributed by atoms with Crippen LogP contribution in [0.4, 0.5) is 5.13 Å². The standard InChI is InChI=1S/C15H16N6O2S/c1-8-10-5-3-4-6-11(10)14(23)21(20-8)7-12(22)17-9(2)13-18-19-15(16)24-13/h3-6,9H,7H2,1-2H3,(H2,16,19)(H,17,22)/t9-/m0/s1.